The smallest absolute Gasteiger partial charge is 0.311 e. The van der Waals surface area contributed by atoms with Crippen molar-refractivity contribution in [1.82, 2.24) is 0 Å². The normalized spacial score (nSPS) is 12.1. The first-order valence-electron chi connectivity index (χ1n) is 5.12. The lowest BCUT2D eigenvalue weighted by molar-refractivity contribution is -0.145. The van der Waals surface area contributed by atoms with E-state index in [1.165, 1.54) is 7.11 Å². The number of carbonyl (C=O) groups is 1. The average molecular weight is 322 g/mol. The molecule has 0 heterocycles. The Morgan fingerprint density at radius 3 is 2.71 bits per heavy atom. The number of aryl methyl sites for hydroxylation is 1. The number of hydrogen-bond donors (Lipinski definition) is 0. The summed E-state index contributed by atoms with van der Waals surface area (Å²) in [5.41, 5.74) is 0.918. The average Bonchev–Trinajstić information content (AvgIpc) is 2.26. The maximum absolute atomic E-state index is 11.2. The van der Waals surface area contributed by atoms with E-state index in [1.807, 2.05) is 13.0 Å². The molecule has 0 aromatic heterocycles. The van der Waals surface area contributed by atoms with E-state index in [1.54, 1.807) is 13.0 Å². The number of hydrogen-bond acceptors (Lipinski definition) is 3. The zero-order valence-electron chi connectivity index (χ0n) is 9.92. The molecule has 17 heavy (non-hydrogen) atoms. The van der Waals surface area contributed by atoms with Gasteiger partial charge in [-0.2, -0.15) is 0 Å². The Bertz CT molecular complexity index is 397. The van der Waals surface area contributed by atoms with Gasteiger partial charge in [0.25, 0.3) is 0 Å². The first-order chi connectivity index (χ1) is 7.95. The van der Waals surface area contributed by atoms with E-state index in [4.69, 9.17) is 16.3 Å². The third kappa shape index (κ3) is 3.89. The Balaban J connectivity index is 2.73. The van der Waals surface area contributed by atoms with Crippen LogP contribution in [0.3, 0.4) is 0 Å². The summed E-state index contributed by atoms with van der Waals surface area (Å²) in [6.07, 6.45) is 0. The van der Waals surface area contributed by atoms with Crippen molar-refractivity contribution in [2.24, 2.45) is 5.92 Å². The first kappa shape index (κ1) is 14.3. The monoisotopic (exact) mass is 320 g/mol. The van der Waals surface area contributed by atoms with Crippen LogP contribution in [0.15, 0.2) is 16.6 Å². The van der Waals surface area contributed by atoms with E-state index >= 15 is 0 Å². The molecule has 0 fully saturated rings. The van der Waals surface area contributed by atoms with Gasteiger partial charge in [-0.05, 0) is 31.5 Å². The molecule has 0 aliphatic rings. The summed E-state index contributed by atoms with van der Waals surface area (Å²) in [5.74, 6) is -0.0133. The van der Waals surface area contributed by atoms with Gasteiger partial charge in [-0.3, -0.25) is 4.79 Å². The van der Waals surface area contributed by atoms with Gasteiger partial charge in [-0.25, -0.2) is 0 Å². The fraction of sp³-hybridized carbons (Fsp3) is 0.417. The first-order valence-corrected chi connectivity index (χ1v) is 6.29. The minimum Gasteiger partial charge on any atom is -0.491 e. The fourth-order valence-corrected chi connectivity index (χ4v) is 2.37. The molecule has 0 radical (unpaired) electrons. The maximum atomic E-state index is 11.2. The molecule has 1 rings (SSSR count). The van der Waals surface area contributed by atoms with Crippen molar-refractivity contribution in [3.8, 4) is 5.75 Å². The molecule has 1 aromatic rings. The van der Waals surface area contributed by atoms with Crippen molar-refractivity contribution in [1.29, 1.82) is 0 Å². The number of esters is 1. The van der Waals surface area contributed by atoms with Crippen molar-refractivity contribution in [2.75, 3.05) is 13.7 Å². The van der Waals surface area contributed by atoms with Gasteiger partial charge in [-0.1, -0.05) is 27.5 Å². The summed E-state index contributed by atoms with van der Waals surface area (Å²) in [6.45, 7) is 3.89. The van der Waals surface area contributed by atoms with Gasteiger partial charge in [-0.15, -0.1) is 0 Å². The molecule has 0 saturated carbocycles. The fourth-order valence-electron chi connectivity index (χ4n) is 1.35. The molecule has 1 aromatic carbocycles. The summed E-state index contributed by atoms with van der Waals surface area (Å²) in [4.78, 5) is 11.2. The second kappa shape index (κ2) is 6.26. The minimum absolute atomic E-state index is 0.245. The highest BCUT2D eigenvalue weighted by atomic mass is 79.9. The number of methoxy groups -OCH3 is 1. The summed E-state index contributed by atoms with van der Waals surface area (Å²) in [6, 6.07) is 3.66. The molecule has 0 N–H and O–H groups in total. The Labute approximate surface area is 114 Å². The molecule has 0 saturated heterocycles. The second-order valence-corrected chi connectivity index (χ2v) is 5.09. The van der Waals surface area contributed by atoms with Crippen LogP contribution in [-0.4, -0.2) is 19.7 Å². The molecule has 0 bridgehead atoms. The van der Waals surface area contributed by atoms with E-state index in [-0.39, 0.29) is 18.5 Å². The lowest BCUT2D eigenvalue weighted by atomic mass is 10.2. The third-order valence-corrected chi connectivity index (χ3v) is 3.01. The highest BCUT2D eigenvalue weighted by molar-refractivity contribution is 9.10. The largest absolute Gasteiger partial charge is 0.491 e. The summed E-state index contributed by atoms with van der Waals surface area (Å²) < 4.78 is 11.1. The van der Waals surface area contributed by atoms with E-state index in [2.05, 4.69) is 20.7 Å². The molecule has 0 amide bonds. The minimum atomic E-state index is -0.320. The maximum Gasteiger partial charge on any atom is 0.311 e. The predicted molar refractivity (Wildman–Crippen MR) is 70.6 cm³/mol. The van der Waals surface area contributed by atoms with Crippen LogP contribution in [0.25, 0.3) is 0 Å². The number of ether oxygens (including phenoxy) is 2. The zero-order chi connectivity index (χ0) is 13.0. The highest BCUT2D eigenvalue weighted by Gasteiger charge is 2.15. The highest BCUT2D eigenvalue weighted by Crippen LogP contribution is 2.32. The van der Waals surface area contributed by atoms with Gasteiger partial charge in [0.15, 0.2) is 0 Å². The van der Waals surface area contributed by atoms with Crippen LogP contribution in [0.5, 0.6) is 5.75 Å². The van der Waals surface area contributed by atoms with E-state index in [9.17, 15) is 4.79 Å². The molecule has 5 heteroatoms. The Morgan fingerprint density at radius 1 is 1.53 bits per heavy atom. The van der Waals surface area contributed by atoms with Crippen LogP contribution in [0.4, 0.5) is 0 Å². The molecular weight excluding hydrogens is 307 g/mol. The van der Waals surface area contributed by atoms with Gasteiger partial charge in [0, 0.05) is 4.47 Å². The molecular formula is C12H14BrClO3. The third-order valence-electron chi connectivity index (χ3n) is 2.28. The predicted octanol–water partition coefficient (Wildman–Crippen LogP) is 3.60. The van der Waals surface area contributed by atoms with Crippen molar-refractivity contribution in [2.45, 2.75) is 13.8 Å². The number of benzene rings is 1. The Morgan fingerprint density at radius 2 is 2.18 bits per heavy atom. The van der Waals surface area contributed by atoms with Crippen LogP contribution in [0.1, 0.15) is 12.5 Å². The number of carbonyl (C=O) groups excluding carboxylic acids is 1. The van der Waals surface area contributed by atoms with Crippen LogP contribution in [0, 0.1) is 12.8 Å². The van der Waals surface area contributed by atoms with Crippen LogP contribution >= 0.6 is 27.5 Å². The van der Waals surface area contributed by atoms with Gasteiger partial charge >= 0.3 is 5.97 Å². The molecule has 1 unspecified atom stereocenters. The van der Waals surface area contributed by atoms with Crippen molar-refractivity contribution >= 4 is 33.5 Å². The molecule has 0 spiro atoms. The SMILES string of the molecule is COC(=O)C(C)COc1c(C)cc(Br)cc1Cl. The van der Waals surface area contributed by atoms with Gasteiger partial charge in [0.2, 0.25) is 0 Å². The van der Waals surface area contributed by atoms with E-state index < -0.39 is 0 Å². The topological polar surface area (TPSA) is 35.5 Å². The molecule has 94 valence electrons. The Kier molecular flexibility index (Phi) is 5.28. The summed E-state index contributed by atoms with van der Waals surface area (Å²) in [7, 11) is 1.36. The van der Waals surface area contributed by atoms with Gasteiger partial charge in [0.1, 0.15) is 12.4 Å². The molecule has 0 aliphatic carbocycles. The van der Waals surface area contributed by atoms with Crippen molar-refractivity contribution in [3.63, 3.8) is 0 Å². The van der Waals surface area contributed by atoms with E-state index in [0.717, 1.165) is 10.0 Å². The summed E-state index contributed by atoms with van der Waals surface area (Å²) >= 11 is 9.41. The van der Waals surface area contributed by atoms with Crippen molar-refractivity contribution in [3.05, 3.63) is 27.2 Å². The zero-order valence-corrected chi connectivity index (χ0v) is 12.3. The Hall–Kier alpha value is -0.740. The van der Waals surface area contributed by atoms with Crippen molar-refractivity contribution < 1.29 is 14.3 Å². The standard InChI is InChI=1S/C12H14BrClO3/c1-7-4-9(13)5-10(14)11(7)17-6-8(2)12(15)16-3/h4-5,8H,6H2,1-3H3. The van der Waals surface area contributed by atoms with Gasteiger partial charge < -0.3 is 9.47 Å². The summed E-state index contributed by atoms with van der Waals surface area (Å²) in [5, 5.41) is 0.522. The van der Waals surface area contributed by atoms with Gasteiger partial charge in [0.05, 0.1) is 18.1 Å². The lowest BCUT2D eigenvalue weighted by Gasteiger charge is -2.14. The second-order valence-electron chi connectivity index (χ2n) is 3.77. The molecule has 0 aliphatic heterocycles. The van der Waals surface area contributed by atoms with Crippen LogP contribution in [0.2, 0.25) is 5.02 Å². The molecule has 1 atom stereocenters. The molecule has 3 nitrogen and oxygen atoms in total. The van der Waals surface area contributed by atoms with Crippen LogP contribution in [-0.2, 0) is 9.53 Å². The van der Waals surface area contributed by atoms with E-state index in [0.29, 0.717) is 10.8 Å². The number of rotatable bonds is 4. The lowest BCUT2D eigenvalue weighted by Crippen LogP contribution is -2.20. The number of halogens is 2. The quantitative estimate of drug-likeness (QED) is 0.795. The van der Waals surface area contributed by atoms with Crippen LogP contribution < -0.4 is 4.74 Å².